The molecule has 0 aromatic carbocycles. The zero-order valence-electron chi connectivity index (χ0n) is 8.55. The highest BCUT2D eigenvalue weighted by Crippen LogP contribution is 2.02. The van der Waals surface area contributed by atoms with Crippen LogP contribution in [0.2, 0.25) is 0 Å². The Morgan fingerprint density at radius 2 is 2.15 bits per heavy atom. The summed E-state index contributed by atoms with van der Waals surface area (Å²) in [5.74, 6) is 0. The van der Waals surface area contributed by atoms with Crippen molar-refractivity contribution in [2.45, 2.75) is 44.8 Å². The van der Waals surface area contributed by atoms with Crippen molar-refractivity contribution in [1.82, 2.24) is 10.6 Å². The molecule has 1 atom stereocenters. The van der Waals surface area contributed by atoms with Crippen LogP contribution in [0.25, 0.3) is 0 Å². The fourth-order valence-electron chi connectivity index (χ4n) is 1.73. The van der Waals surface area contributed by atoms with Crippen LogP contribution in [-0.4, -0.2) is 36.9 Å². The molecule has 0 saturated carbocycles. The molecule has 3 heteroatoms. The predicted octanol–water partition coefficient (Wildman–Crippen LogP) is 0.489. The van der Waals surface area contributed by atoms with E-state index >= 15 is 0 Å². The third-order valence-corrected chi connectivity index (χ3v) is 2.57. The third kappa shape index (κ3) is 5.24. The molecule has 78 valence electrons. The largest absolute Gasteiger partial charge is 0.393 e. The van der Waals surface area contributed by atoms with E-state index in [9.17, 15) is 0 Å². The van der Waals surface area contributed by atoms with Crippen molar-refractivity contribution in [1.29, 1.82) is 0 Å². The minimum Gasteiger partial charge on any atom is -0.393 e. The van der Waals surface area contributed by atoms with E-state index in [1.54, 1.807) is 0 Å². The van der Waals surface area contributed by atoms with E-state index in [1.165, 1.54) is 12.8 Å². The van der Waals surface area contributed by atoms with Crippen LogP contribution in [0.15, 0.2) is 0 Å². The Morgan fingerprint density at radius 1 is 1.46 bits per heavy atom. The van der Waals surface area contributed by atoms with E-state index in [0.29, 0.717) is 6.04 Å². The molecule has 1 saturated heterocycles. The number of rotatable bonds is 5. The smallest absolute Gasteiger partial charge is 0.0512 e. The van der Waals surface area contributed by atoms with Crippen LogP contribution < -0.4 is 10.6 Å². The Kier molecular flexibility index (Phi) is 5.35. The van der Waals surface area contributed by atoms with Crippen LogP contribution in [0.1, 0.15) is 32.6 Å². The van der Waals surface area contributed by atoms with Gasteiger partial charge in [-0.25, -0.2) is 0 Å². The second kappa shape index (κ2) is 6.35. The molecule has 0 spiro atoms. The quantitative estimate of drug-likeness (QED) is 0.548. The first-order valence-electron chi connectivity index (χ1n) is 5.41. The minimum atomic E-state index is -0.144. The number of piperidine rings is 1. The molecule has 3 N–H and O–H groups in total. The van der Waals surface area contributed by atoms with Gasteiger partial charge in [-0.05, 0) is 52.2 Å². The van der Waals surface area contributed by atoms with Gasteiger partial charge in [0.05, 0.1) is 6.10 Å². The zero-order valence-corrected chi connectivity index (χ0v) is 8.55. The van der Waals surface area contributed by atoms with E-state index in [2.05, 4.69) is 10.6 Å². The topological polar surface area (TPSA) is 44.3 Å². The number of aliphatic hydroxyl groups excluding tert-OH is 1. The number of nitrogens with one attached hydrogen (secondary N) is 2. The first kappa shape index (κ1) is 11.0. The average molecular weight is 186 g/mol. The zero-order chi connectivity index (χ0) is 9.52. The molecule has 0 aromatic heterocycles. The molecule has 1 unspecified atom stereocenters. The van der Waals surface area contributed by atoms with Crippen molar-refractivity contribution in [3.05, 3.63) is 0 Å². The van der Waals surface area contributed by atoms with Crippen LogP contribution >= 0.6 is 0 Å². The summed E-state index contributed by atoms with van der Waals surface area (Å²) >= 11 is 0. The molecule has 0 aliphatic carbocycles. The van der Waals surface area contributed by atoms with Gasteiger partial charge in [0.25, 0.3) is 0 Å². The molecular weight excluding hydrogens is 164 g/mol. The van der Waals surface area contributed by atoms with Gasteiger partial charge in [0.1, 0.15) is 0 Å². The lowest BCUT2D eigenvalue weighted by Crippen LogP contribution is -2.40. The maximum absolute atomic E-state index is 9.05. The summed E-state index contributed by atoms with van der Waals surface area (Å²) in [7, 11) is 0. The lowest BCUT2D eigenvalue weighted by Gasteiger charge is -2.23. The molecule has 1 rings (SSSR count). The number of hydrogen-bond donors (Lipinski definition) is 3. The lowest BCUT2D eigenvalue weighted by molar-refractivity contribution is 0.180. The predicted molar refractivity (Wildman–Crippen MR) is 54.8 cm³/mol. The summed E-state index contributed by atoms with van der Waals surface area (Å²) < 4.78 is 0. The van der Waals surface area contributed by atoms with Gasteiger partial charge in [-0.15, -0.1) is 0 Å². The van der Waals surface area contributed by atoms with Crippen LogP contribution in [-0.2, 0) is 0 Å². The fourth-order valence-corrected chi connectivity index (χ4v) is 1.73. The van der Waals surface area contributed by atoms with Crippen LogP contribution in [0.3, 0.4) is 0 Å². The van der Waals surface area contributed by atoms with Gasteiger partial charge in [-0.1, -0.05) is 0 Å². The fraction of sp³-hybridized carbons (Fsp3) is 1.00. The van der Waals surface area contributed by atoms with Gasteiger partial charge in [0.15, 0.2) is 0 Å². The Morgan fingerprint density at radius 3 is 2.77 bits per heavy atom. The molecule has 0 radical (unpaired) electrons. The Labute approximate surface area is 80.9 Å². The van der Waals surface area contributed by atoms with E-state index in [4.69, 9.17) is 5.11 Å². The Balaban J connectivity index is 1.92. The highest BCUT2D eigenvalue weighted by Gasteiger charge is 2.11. The van der Waals surface area contributed by atoms with Crippen molar-refractivity contribution < 1.29 is 5.11 Å². The standard InChI is InChI=1S/C10H22N2O/c1-9(13)3-2-6-12-10-4-7-11-8-5-10/h9-13H,2-8H2,1H3. The van der Waals surface area contributed by atoms with Gasteiger partial charge >= 0.3 is 0 Å². The van der Waals surface area contributed by atoms with Gasteiger partial charge in [0, 0.05) is 6.04 Å². The van der Waals surface area contributed by atoms with Gasteiger partial charge in [-0.2, -0.15) is 0 Å². The Bertz CT molecular complexity index is 122. The molecule has 0 amide bonds. The molecule has 1 heterocycles. The van der Waals surface area contributed by atoms with Crippen molar-refractivity contribution in [2.24, 2.45) is 0 Å². The molecular formula is C10H22N2O. The van der Waals surface area contributed by atoms with Gasteiger partial charge < -0.3 is 15.7 Å². The van der Waals surface area contributed by atoms with E-state index < -0.39 is 0 Å². The SMILES string of the molecule is CC(O)CCCNC1CCNCC1. The third-order valence-electron chi connectivity index (χ3n) is 2.57. The maximum Gasteiger partial charge on any atom is 0.0512 e. The second-order valence-corrected chi connectivity index (χ2v) is 3.97. The minimum absolute atomic E-state index is 0.144. The summed E-state index contributed by atoms with van der Waals surface area (Å²) in [6.45, 7) is 5.20. The summed E-state index contributed by atoms with van der Waals surface area (Å²) in [4.78, 5) is 0. The van der Waals surface area contributed by atoms with E-state index in [0.717, 1.165) is 32.5 Å². The summed E-state index contributed by atoms with van der Waals surface area (Å²) in [5, 5.41) is 15.9. The normalized spacial score (nSPS) is 21.7. The summed E-state index contributed by atoms with van der Waals surface area (Å²) in [6, 6.07) is 0.704. The van der Waals surface area contributed by atoms with Crippen molar-refractivity contribution >= 4 is 0 Å². The van der Waals surface area contributed by atoms with Crippen LogP contribution in [0, 0.1) is 0 Å². The second-order valence-electron chi connectivity index (χ2n) is 3.97. The van der Waals surface area contributed by atoms with Gasteiger partial charge in [-0.3, -0.25) is 0 Å². The highest BCUT2D eigenvalue weighted by atomic mass is 16.3. The van der Waals surface area contributed by atoms with E-state index in [-0.39, 0.29) is 6.10 Å². The average Bonchev–Trinajstić information content (AvgIpc) is 2.14. The van der Waals surface area contributed by atoms with E-state index in [1.807, 2.05) is 6.92 Å². The molecule has 13 heavy (non-hydrogen) atoms. The van der Waals surface area contributed by atoms with Crippen LogP contribution in [0.4, 0.5) is 0 Å². The first-order chi connectivity index (χ1) is 6.29. The molecule has 3 nitrogen and oxygen atoms in total. The van der Waals surface area contributed by atoms with Crippen LogP contribution in [0.5, 0.6) is 0 Å². The summed E-state index contributed by atoms with van der Waals surface area (Å²) in [5.41, 5.74) is 0. The van der Waals surface area contributed by atoms with Crippen molar-refractivity contribution in [3.63, 3.8) is 0 Å². The molecule has 0 bridgehead atoms. The number of hydrogen-bond acceptors (Lipinski definition) is 3. The molecule has 0 aromatic rings. The highest BCUT2D eigenvalue weighted by molar-refractivity contribution is 4.73. The first-order valence-corrected chi connectivity index (χ1v) is 5.41. The van der Waals surface area contributed by atoms with Crippen molar-refractivity contribution in [2.75, 3.05) is 19.6 Å². The maximum atomic E-state index is 9.05. The van der Waals surface area contributed by atoms with Crippen molar-refractivity contribution in [3.8, 4) is 0 Å². The Hall–Kier alpha value is -0.120. The molecule has 1 aliphatic rings. The monoisotopic (exact) mass is 186 g/mol. The number of aliphatic hydroxyl groups is 1. The molecule has 1 aliphatic heterocycles. The lowest BCUT2D eigenvalue weighted by atomic mass is 10.1. The van der Waals surface area contributed by atoms with Gasteiger partial charge in [0.2, 0.25) is 0 Å². The molecule has 1 fully saturated rings. The summed E-state index contributed by atoms with van der Waals surface area (Å²) in [6.07, 6.45) is 4.35.